The first-order valence-electron chi connectivity index (χ1n) is 3.51. The molecule has 0 aromatic rings. The Kier molecular flexibility index (Phi) is 10.6. The van der Waals surface area contributed by atoms with Crippen molar-refractivity contribution in [3.8, 4) is 0 Å². The van der Waals surface area contributed by atoms with E-state index in [1.54, 1.807) is 0 Å². The molecule has 0 nitrogen and oxygen atoms in total. The normalized spacial score (nSPS) is 18.0. The topological polar surface area (TPSA) is 0 Å². The highest BCUT2D eigenvalue weighted by molar-refractivity contribution is 9.93. The molecule has 1 rings (SSSR count). The van der Waals surface area contributed by atoms with Crippen LogP contribution in [0.4, 0.5) is 0 Å². The van der Waals surface area contributed by atoms with Gasteiger partial charge in [-0.15, -0.1) is 0 Å². The van der Waals surface area contributed by atoms with E-state index in [2.05, 4.69) is 46.5 Å². The third kappa shape index (κ3) is 12.5. The number of hydrogen-bond acceptors (Lipinski definition) is 0. The number of halogens is 3. The van der Waals surface area contributed by atoms with Crippen molar-refractivity contribution < 1.29 is 0 Å². The summed E-state index contributed by atoms with van der Waals surface area (Å²) in [7, 11) is 0. The molecule has 0 radical (unpaired) electrons. The van der Waals surface area contributed by atoms with E-state index in [9.17, 15) is 0 Å². The second-order valence-electron chi connectivity index (χ2n) is 2.31. The van der Waals surface area contributed by atoms with E-state index < -0.39 is 0 Å². The number of rotatable bonds is 0. The van der Waals surface area contributed by atoms with Crippen LogP contribution in [0.5, 0.6) is 0 Å². The lowest BCUT2D eigenvalue weighted by Gasteiger charge is -2.05. The van der Waals surface area contributed by atoms with E-state index in [1.165, 1.54) is 38.5 Å². The summed E-state index contributed by atoms with van der Waals surface area (Å²) in [4.78, 5) is 0. The van der Waals surface area contributed by atoms with Gasteiger partial charge in [-0.25, -0.2) is 0 Å². The van der Waals surface area contributed by atoms with Crippen molar-refractivity contribution in [3.63, 3.8) is 0 Å². The lowest BCUT2D eigenvalue weighted by molar-refractivity contribution is 0.504. The van der Waals surface area contributed by atoms with Gasteiger partial charge in [-0.2, -0.15) is 0 Å². The standard InChI is InChI=1S/C6H12.Br3P/c1-2-4-6-5-3-1;1-4(2)3/h1-6H2;. The van der Waals surface area contributed by atoms with Gasteiger partial charge in [0.2, 0.25) is 0 Å². The Labute approximate surface area is 88.5 Å². The molecule has 0 aromatic heterocycles. The van der Waals surface area contributed by atoms with E-state index in [0.717, 1.165) is 0 Å². The monoisotopic (exact) mass is 352 g/mol. The lowest BCUT2D eigenvalue weighted by Crippen LogP contribution is -1.85. The summed E-state index contributed by atoms with van der Waals surface area (Å²) in [5.74, 6) is 0. The van der Waals surface area contributed by atoms with Crippen LogP contribution in [-0.4, -0.2) is 0 Å². The van der Waals surface area contributed by atoms with Crippen LogP contribution in [0.2, 0.25) is 0 Å². The summed E-state index contributed by atoms with van der Waals surface area (Å²) in [6.45, 7) is 0. The summed E-state index contributed by atoms with van der Waals surface area (Å²) in [6, 6.07) is 0. The van der Waals surface area contributed by atoms with Crippen molar-refractivity contribution >= 4 is 50.5 Å². The molecule has 0 aliphatic heterocycles. The third-order valence-electron chi connectivity index (χ3n) is 1.50. The van der Waals surface area contributed by atoms with Gasteiger partial charge in [-0.3, -0.25) is 0 Å². The van der Waals surface area contributed by atoms with Gasteiger partial charge in [0, 0.05) is 0 Å². The first-order valence-corrected chi connectivity index (χ1v) is 10.9. The lowest BCUT2D eigenvalue weighted by atomic mass is 10.0. The highest BCUT2D eigenvalue weighted by Gasteiger charge is 1.95. The van der Waals surface area contributed by atoms with E-state index in [-0.39, 0.29) is 4.03 Å². The number of hydrogen-bond donors (Lipinski definition) is 0. The molecule has 0 spiro atoms. The first-order chi connectivity index (χ1) is 4.73. The van der Waals surface area contributed by atoms with E-state index in [0.29, 0.717) is 0 Å². The molecule has 1 fully saturated rings. The molecule has 0 N–H and O–H groups in total. The van der Waals surface area contributed by atoms with E-state index in [4.69, 9.17) is 0 Å². The molecule has 1 saturated carbocycles. The SMILES string of the molecule is BrP(Br)Br.C1CCCCC1. The molecule has 0 aromatic carbocycles. The van der Waals surface area contributed by atoms with Crippen molar-refractivity contribution in [1.82, 2.24) is 0 Å². The maximum atomic E-state index is 3.17. The largest absolute Gasteiger partial charge is 0.103 e. The second-order valence-corrected chi connectivity index (χ2v) is 17.6. The molecule has 0 amide bonds. The molecule has 0 atom stereocenters. The van der Waals surface area contributed by atoms with Crippen LogP contribution in [0.15, 0.2) is 0 Å². The highest BCUT2D eigenvalue weighted by Crippen LogP contribution is 2.59. The minimum atomic E-state index is -0.183. The molecule has 4 heteroatoms. The van der Waals surface area contributed by atoms with Crippen molar-refractivity contribution in [2.75, 3.05) is 0 Å². The molecule has 0 heterocycles. The fourth-order valence-electron chi connectivity index (χ4n) is 1.06. The smallest absolute Gasteiger partial charge is 0.0533 e. The Morgan fingerprint density at radius 3 is 0.800 bits per heavy atom. The Morgan fingerprint density at radius 1 is 0.600 bits per heavy atom. The van der Waals surface area contributed by atoms with Crippen molar-refractivity contribution in [2.45, 2.75) is 38.5 Å². The zero-order valence-corrected chi connectivity index (χ0v) is 11.5. The van der Waals surface area contributed by atoms with Crippen LogP contribution < -0.4 is 0 Å². The average molecular weight is 355 g/mol. The second kappa shape index (κ2) is 8.96. The van der Waals surface area contributed by atoms with Crippen molar-refractivity contribution in [3.05, 3.63) is 0 Å². The van der Waals surface area contributed by atoms with Crippen LogP contribution in [0.25, 0.3) is 0 Å². The Bertz CT molecular complexity index is 49.7. The van der Waals surface area contributed by atoms with Crippen LogP contribution in [0, 0.1) is 0 Å². The summed E-state index contributed by atoms with van der Waals surface area (Å²) >= 11 is 9.51. The fourth-order valence-corrected chi connectivity index (χ4v) is 1.06. The van der Waals surface area contributed by atoms with Crippen LogP contribution in [0.3, 0.4) is 0 Å². The fraction of sp³-hybridized carbons (Fsp3) is 1.00. The average Bonchev–Trinajstić information content (AvgIpc) is 1.90. The molecule has 0 saturated heterocycles. The summed E-state index contributed by atoms with van der Waals surface area (Å²) in [5.41, 5.74) is 0. The van der Waals surface area contributed by atoms with Gasteiger partial charge in [0.15, 0.2) is 0 Å². The third-order valence-corrected chi connectivity index (χ3v) is 1.50. The van der Waals surface area contributed by atoms with Gasteiger partial charge >= 0.3 is 0 Å². The molecule has 1 aliphatic rings. The molecule has 62 valence electrons. The Morgan fingerprint density at radius 2 is 0.700 bits per heavy atom. The predicted octanol–water partition coefficient (Wildman–Crippen LogP) is 5.74. The summed E-state index contributed by atoms with van der Waals surface area (Å²) in [6.07, 6.45) is 9.00. The van der Waals surface area contributed by atoms with Gasteiger partial charge in [0.05, 0.1) is 0 Å². The molecular formula is C6H12Br3P. The van der Waals surface area contributed by atoms with E-state index >= 15 is 0 Å². The van der Waals surface area contributed by atoms with Gasteiger partial charge < -0.3 is 0 Å². The summed E-state index contributed by atoms with van der Waals surface area (Å²) in [5, 5.41) is 0. The maximum absolute atomic E-state index is 3.17. The van der Waals surface area contributed by atoms with Crippen LogP contribution in [-0.2, 0) is 0 Å². The Balaban J connectivity index is 0.000000180. The van der Waals surface area contributed by atoms with Gasteiger partial charge in [-0.1, -0.05) is 38.5 Å². The Hall–Kier alpha value is 1.87. The molecule has 1 aliphatic carbocycles. The van der Waals surface area contributed by atoms with Gasteiger partial charge in [0.25, 0.3) is 0 Å². The molecular weight excluding hydrogens is 343 g/mol. The van der Waals surface area contributed by atoms with Crippen LogP contribution in [0.1, 0.15) is 38.5 Å². The van der Waals surface area contributed by atoms with Crippen LogP contribution >= 0.6 is 50.5 Å². The molecule has 10 heavy (non-hydrogen) atoms. The van der Waals surface area contributed by atoms with Crippen molar-refractivity contribution in [2.24, 2.45) is 0 Å². The van der Waals surface area contributed by atoms with Crippen molar-refractivity contribution in [1.29, 1.82) is 0 Å². The van der Waals surface area contributed by atoms with E-state index in [1.807, 2.05) is 0 Å². The summed E-state index contributed by atoms with van der Waals surface area (Å²) < 4.78 is -0.183. The minimum Gasteiger partial charge on any atom is -0.0533 e. The minimum absolute atomic E-state index is 0.183. The van der Waals surface area contributed by atoms with Gasteiger partial charge in [0.1, 0.15) is 4.03 Å². The quantitative estimate of drug-likeness (QED) is 0.487. The van der Waals surface area contributed by atoms with Gasteiger partial charge in [-0.05, 0) is 46.5 Å². The predicted molar refractivity (Wildman–Crippen MR) is 61.4 cm³/mol. The molecule has 0 unspecified atom stereocenters. The first kappa shape index (κ1) is 11.9. The maximum Gasteiger partial charge on any atom is 0.103 e. The molecule has 0 bridgehead atoms. The highest BCUT2D eigenvalue weighted by atomic mass is 80.0. The zero-order valence-electron chi connectivity index (χ0n) is 5.82. The zero-order chi connectivity index (χ0) is 7.82.